The molecule has 42 heavy (non-hydrogen) atoms. The van der Waals surface area contributed by atoms with E-state index in [-0.39, 0.29) is 23.0 Å². The SMILES string of the molecule is CNC(=O)C(=O)c1c[nH]c2c(-c3cccc(C(=O)NC(C)(C)C)c3)cc3c(C(=O)NC)c(-c4ccc(C)cc4)oc3c12. The molecular formula is C33H32N4O5. The minimum atomic E-state index is -0.785. The largest absolute Gasteiger partial charge is 0.454 e. The lowest BCUT2D eigenvalue weighted by Crippen LogP contribution is -2.40. The van der Waals surface area contributed by atoms with Crippen LogP contribution in [-0.4, -0.2) is 48.1 Å². The minimum Gasteiger partial charge on any atom is -0.454 e. The average Bonchev–Trinajstić information content (AvgIpc) is 3.57. The molecule has 214 valence electrons. The predicted octanol–water partition coefficient (Wildman–Crippen LogP) is 5.37. The molecule has 0 aliphatic carbocycles. The molecule has 3 aromatic carbocycles. The highest BCUT2D eigenvalue weighted by Crippen LogP contribution is 2.43. The van der Waals surface area contributed by atoms with Crippen LogP contribution in [0.4, 0.5) is 0 Å². The Hall–Kier alpha value is -5.18. The number of rotatable bonds is 6. The molecule has 9 heteroatoms. The van der Waals surface area contributed by atoms with Crippen molar-refractivity contribution in [1.29, 1.82) is 0 Å². The normalized spacial score (nSPS) is 11.5. The standard InChI is InChI=1S/C33H32N4O5/c1-17-10-12-18(13-11-17)28-25(31(40)34-5)22-15-21(19-8-7-9-20(14-19)30(39)37-33(2,3)4)26-24(29(22)42-28)23(16-36-26)27(38)32(41)35-6/h7-16,36H,1-6H3,(H,34,40)(H,35,41)(H,37,39). The summed E-state index contributed by atoms with van der Waals surface area (Å²) in [6.07, 6.45) is 1.47. The molecule has 0 atom stereocenters. The number of Topliss-reactive ketones (excluding diaryl/α,β-unsaturated/α-hetero) is 1. The zero-order valence-electron chi connectivity index (χ0n) is 24.3. The number of furan rings is 1. The third-order valence-electron chi connectivity index (χ3n) is 6.98. The van der Waals surface area contributed by atoms with E-state index in [1.54, 1.807) is 18.2 Å². The molecule has 0 bridgehead atoms. The van der Waals surface area contributed by atoms with Crippen LogP contribution in [0.3, 0.4) is 0 Å². The Bertz CT molecular complexity index is 1890. The summed E-state index contributed by atoms with van der Waals surface area (Å²) in [5.41, 5.74) is 4.24. The van der Waals surface area contributed by atoms with Crippen molar-refractivity contribution >= 4 is 45.4 Å². The molecule has 3 amide bonds. The summed E-state index contributed by atoms with van der Waals surface area (Å²) in [6.45, 7) is 7.67. The second-order valence-electron chi connectivity index (χ2n) is 11.2. The fourth-order valence-corrected chi connectivity index (χ4v) is 5.00. The number of aromatic amines is 1. The Balaban J connectivity index is 1.86. The number of fused-ring (bicyclic) bond motifs is 3. The summed E-state index contributed by atoms with van der Waals surface area (Å²) in [4.78, 5) is 55.2. The lowest BCUT2D eigenvalue weighted by molar-refractivity contribution is -0.116. The van der Waals surface area contributed by atoms with Gasteiger partial charge in [0.05, 0.1) is 22.0 Å². The Morgan fingerprint density at radius 2 is 1.57 bits per heavy atom. The summed E-state index contributed by atoms with van der Waals surface area (Å²) in [7, 11) is 2.92. The Morgan fingerprint density at radius 1 is 0.857 bits per heavy atom. The molecule has 5 aromatic rings. The van der Waals surface area contributed by atoms with Crippen LogP contribution in [0.1, 0.15) is 57.4 Å². The van der Waals surface area contributed by atoms with Gasteiger partial charge in [-0.05, 0) is 51.5 Å². The van der Waals surface area contributed by atoms with Gasteiger partial charge in [-0.25, -0.2) is 0 Å². The molecular weight excluding hydrogens is 532 g/mol. The predicted molar refractivity (Wildman–Crippen MR) is 163 cm³/mol. The Labute approximate surface area is 242 Å². The highest BCUT2D eigenvalue weighted by molar-refractivity contribution is 6.46. The summed E-state index contributed by atoms with van der Waals surface area (Å²) >= 11 is 0. The number of carbonyl (C=O) groups is 4. The maximum atomic E-state index is 13.4. The van der Waals surface area contributed by atoms with Crippen molar-refractivity contribution in [3.05, 3.63) is 83.0 Å². The van der Waals surface area contributed by atoms with Gasteiger partial charge in [0.15, 0.2) is 0 Å². The average molecular weight is 565 g/mol. The van der Waals surface area contributed by atoms with Crippen molar-refractivity contribution < 1.29 is 23.6 Å². The van der Waals surface area contributed by atoms with Gasteiger partial charge in [-0.15, -0.1) is 0 Å². The smallest absolute Gasteiger partial charge is 0.292 e. The molecule has 2 heterocycles. The van der Waals surface area contributed by atoms with Crippen LogP contribution in [0.5, 0.6) is 0 Å². The molecule has 0 spiro atoms. The van der Waals surface area contributed by atoms with E-state index in [0.29, 0.717) is 49.9 Å². The maximum absolute atomic E-state index is 13.4. The number of aryl methyl sites for hydroxylation is 1. The molecule has 9 nitrogen and oxygen atoms in total. The van der Waals surface area contributed by atoms with Gasteiger partial charge in [0, 0.05) is 47.9 Å². The van der Waals surface area contributed by atoms with E-state index in [9.17, 15) is 19.2 Å². The van der Waals surface area contributed by atoms with Crippen LogP contribution >= 0.6 is 0 Å². The number of likely N-dealkylation sites (N-methyl/N-ethyl adjacent to an activating group) is 1. The fourth-order valence-electron chi connectivity index (χ4n) is 5.00. The second kappa shape index (κ2) is 10.7. The molecule has 2 aromatic heterocycles. The van der Waals surface area contributed by atoms with Gasteiger partial charge in [-0.2, -0.15) is 0 Å². The van der Waals surface area contributed by atoms with Crippen molar-refractivity contribution in [2.45, 2.75) is 33.2 Å². The molecule has 0 aliphatic heterocycles. The number of hydrogen-bond acceptors (Lipinski definition) is 5. The van der Waals surface area contributed by atoms with Crippen LogP contribution in [0.2, 0.25) is 0 Å². The lowest BCUT2D eigenvalue weighted by Gasteiger charge is -2.20. The third kappa shape index (κ3) is 5.05. The molecule has 0 aliphatic rings. The van der Waals surface area contributed by atoms with Crippen LogP contribution < -0.4 is 16.0 Å². The zero-order valence-corrected chi connectivity index (χ0v) is 24.3. The van der Waals surface area contributed by atoms with Gasteiger partial charge >= 0.3 is 0 Å². The van der Waals surface area contributed by atoms with Crippen molar-refractivity contribution in [1.82, 2.24) is 20.9 Å². The van der Waals surface area contributed by atoms with Gasteiger partial charge in [-0.3, -0.25) is 19.2 Å². The Morgan fingerprint density at radius 3 is 2.21 bits per heavy atom. The first-order chi connectivity index (χ1) is 19.9. The van der Waals surface area contributed by atoms with Gasteiger partial charge < -0.3 is 25.4 Å². The van der Waals surface area contributed by atoms with Crippen LogP contribution in [-0.2, 0) is 4.79 Å². The molecule has 0 saturated heterocycles. The van der Waals surface area contributed by atoms with Crippen LogP contribution in [0.15, 0.2) is 65.2 Å². The molecule has 0 unspecified atom stereocenters. The quantitative estimate of drug-likeness (QED) is 0.163. The van der Waals surface area contributed by atoms with Gasteiger partial charge in [0.25, 0.3) is 23.5 Å². The highest BCUT2D eigenvalue weighted by Gasteiger charge is 2.29. The van der Waals surface area contributed by atoms with E-state index < -0.39 is 17.2 Å². The van der Waals surface area contributed by atoms with Crippen molar-refractivity contribution in [3.8, 4) is 22.5 Å². The summed E-state index contributed by atoms with van der Waals surface area (Å²) < 4.78 is 6.40. The van der Waals surface area contributed by atoms with E-state index in [2.05, 4.69) is 20.9 Å². The second-order valence-corrected chi connectivity index (χ2v) is 11.2. The topological polar surface area (TPSA) is 133 Å². The van der Waals surface area contributed by atoms with Gasteiger partial charge in [0.1, 0.15) is 11.3 Å². The summed E-state index contributed by atoms with van der Waals surface area (Å²) in [5.74, 6) is -1.81. The first-order valence-corrected chi connectivity index (χ1v) is 13.5. The summed E-state index contributed by atoms with van der Waals surface area (Å²) in [5, 5.41) is 8.88. The fraction of sp³-hybridized carbons (Fsp3) is 0.212. The van der Waals surface area contributed by atoms with Crippen LogP contribution in [0, 0.1) is 6.92 Å². The molecule has 0 fully saturated rings. The number of hydrogen-bond donors (Lipinski definition) is 4. The van der Waals surface area contributed by atoms with E-state index >= 15 is 0 Å². The zero-order chi connectivity index (χ0) is 30.3. The molecule has 0 saturated carbocycles. The Kier molecular flexibility index (Phi) is 7.20. The number of benzene rings is 3. The monoisotopic (exact) mass is 564 g/mol. The number of H-pyrrole nitrogens is 1. The molecule has 0 radical (unpaired) electrons. The lowest BCUT2D eigenvalue weighted by atomic mass is 9.94. The number of aromatic nitrogens is 1. The van der Waals surface area contributed by atoms with Crippen molar-refractivity contribution in [2.24, 2.45) is 0 Å². The number of ketones is 1. The first-order valence-electron chi connectivity index (χ1n) is 13.5. The van der Waals surface area contributed by atoms with E-state index in [1.807, 2.05) is 64.1 Å². The molecule has 5 rings (SSSR count). The van der Waals surface area contributed by atoms with E-state index in [0.717, 1.165) is 5.56 Å². The third-order valence-corrected chi connectivity index (χ3v) is 6.98. The van der Waals surface area contributed by atoms with Crippen molar-refractivity contribution in [3.63, 3.8) is 0 Å². The van der Waals surface area contributed by atoms with Crippen LogP contribution in [0.25, 0.3) is 44.3 Å². The van der Waals surface area contributed by atoms with Gasteiger partial charge in [0.2, 0.25) is 0 Å². The summed E-state index contributed by atoms with van der Waals surface area (Å²) in [6, 6.07) is 16.5. The number of amides is 3. The van der Waals surface area contributed by atoms with E-state index in [1.165, 1.54) is 20.3 Å². The molecule has 4 N–H and O–H groups in total. The number of carbonyl (C=O) groups excluding carboxylic acids is 4. The maximum Gasteiger partial charge on any atom is 0.292 e. The van der Waals surface area contributed by atoms with Crippen molar-refractivity contribution in [2.75, 3.05) is 14.1 Å². The highest BCUT2D eigenvalue weighted by atomic mass is 16.3. The first kappa shape index (κ1) is 28.4. The van der Waals surface area contributed by atoms with E-state index in [4.69, 9.17) is 4.42 Å². The number of nitrogens with one attached hydrogen (secondary N) is 4. The minimum absolute atomic E-state index is 0.102. The van der Waals surface area contributed by atoms with Gasteiger partial charge in [-0.1, -0.05) is 42.0 Å².